The molecule has 0 fully saturated rings. The van der Waals surface area contributed by atoms with Gasteiger partial charge in [-0.25, -0.2) is 9.97 Å². The lowest BCUT2D eigenvalue weighted by molar-refractivity contribution is 0.684. The minimum Gasteiger partial charge on any atom is -0.370 e. The van der Waals surface area contributed by atoms with Crippen molar-refractivity contribution in [3.8, 4) is 0 Å². The Balaban J connectivity index is 2.27. The highest BCUT2D eigenvalue weighted by molar-refractivity contribution is 5.34. The molecule has 0 aliphatic rings. The first kappa shape index (κ1) is 12.9. The fraction of sp³-hybridized carbons (Fsp3) is 0.692. The van der Waals surface area contributed by atoms with Gasteiger partial charge in [0.25, 0.3) is 0 Å². The second-order valence-corrected chi connectivity index (χ2v) is 4.13. The summed E-state index contributed by atoms with van der Waals surface area (Å²) in [4.78, 5) is 8.45. The highest BCUT2D eigenvalue weighted by atomic mass is 15.0. The number of nitrogens with zero attached hydrogens (tertiary/aromatic N) is 2. The van der Waals surface area contributed by atoms with Gasteiger partial charge in [-0.1, -0.05) is 39.5 Å². The maximum atomic E-state index is 4.24. The molecule has 1 heterocycles. The quantitative estimate of drug-likeness (QED) is 0.683. The number of anilines is 1. The van der Waals surface area contributed by atoms with Gasteiger partial charge in [-0.3, -0.25) is 0 Å². The summed E-state index contributed by atoms with van der Waals surface area (Å²) < 4.78 is 0. The SMILES string of the molecule is CCCCCCNc1cc(CCC)ncn1. The predicted octanol–water partition coefficient (Wildman–Crippen LogP) is 3.42. The summed E-state index contributed by atoms with van der Waals surface area (Å²) in [5, 5.41) is 3.35. The highest BCUT2D eigenvalue weighted by Crippen LogP contribution is 2.06. The lowest BCUT2D eigenvalue weighted by Gasteiger charge is -2.06. The third-order valence-corrected chi connectivity index (χ3v) is 2.57. The van der Waals surface area contributed by atoms with Gasteiger partial charge in [-0.15, -0.1) is 0 Å². The van der Waals surface area contributed by atoms with E-state index in [9.17, 15) is 0 Å². The molecule has 0 aliphatic carbocycles. The third-order valence-electron chi connectivity index (χ3n) is 2.57. The number of hydrogen-bond acceptors (Lipinski definition) is 3. The normalized spacial score (nSPS) is 10.4. The van der Waals surface area contributed by atoms with Crippen LogP contribution < -0.4 is 5.32 Å². The highest BCUT2D eigenvalue weighted by Gasteiger charge is 1.97. The lowest BCUT2D eigenvalue weighted by Crippen LogP contribution is -2.04. The minimum atomic E-state index is 0.968. The molecule has 1 rings (SSSR count). The molecule has 16 heavy (non-hydrogen) atoms. The van der Waals surface area contributed by atoms with Crippen LogP contribution in [0.1, 0.15) is 51.6 Å². The van der Waals surface area contributed by atoms with Gasteiger partial charge in [-0.05, 0) is 12.8 Å². The Kier molecular flexibility index (Phi) is 6.54. The lowest BCUT2D eigenvalue weighted by atomic mass is 10.2. The second-order valence-electron chi connectivity index (χ2n) is 4.13. The first-order valence-corrected chi connectivity index (χ1v) is 6.41. The summed E-state index contributed by atoms with van der Waals surface area (Å²) in [5.74, 6) is 0.968. The van der Waals surface area contributed by atoms with Gasteiger partial charge in [0, 0.05) is 18.3 Å². The average Bonchev–Trinajstić information content (AvgIpc) is 2.30. The van der Waals surface area contributed by atoms with Crippen molar-refractivity contribution in [2.24, 2.45) is 0 Å². The van der Waals surface area contributed by atoms with Gasteiger partial charge >= 0.3 is 0 Å². The molecule has 3 nitrogen and oxygen atoms in total. The fourth-order valence-electron chi connectivity index (χ4n) is 1.66. The Hall–Kier alpha value is -1.12. The molecule has 0 amide bonds. The van der Waals surface area contributed by atoms with E-state index < -0.39 is 0 Å². The van der Waals surface area contributed by atoms with Crippen molar-refractivity contribution < 1.29 is 0 Å². The molecular weight excluding hydrogens is 198 g/mol. The third kappa shape index (κ3) is 5.10. The van der Waals surface area contributed by atoms with Crippen molar-refractivity contribution >= 4 is 5.82 Å². The van der Waals surface area contributed by atoms with Gasteiger partial charge in [-0.2, -0.15) is 0 Å². The first-order chi connectivity index (χ1) is 7.86. The molecular formula is C13H23N3. The van der Waals surface area contributed by atoms with Crippen molar-refractivity contribution in [1.29, 1.82) is 0 Å². The smallest absolute Gasteiger partial charge is 0.129 e. The van der Waals surface area contributed by atoms with E-state index in [2.05, 4.69) is 35.2 Å². The first-order valence-electron chi connectivity index (χ1n) is 6.41. The molecule has 0 bridgehead atoms. The Morgan fingerprint density at radius 2 is 1.94 bits per heavy atom. The molecule has 0 saturated carbocycles. The molecule has 0 saturated heterocycles. The van der Waals surface area contributed by atoms with Crippen LogP contribution in [0.3, 0.4) is 0 Å². The summed E-state index contributed by atoms with van der Waals surface area (Å²) >= 11 is 0. The van der Waals surface area contributed by atoms with Crippen LogP contribution in [0.25, 0.3) is 0 Å². The number of aryl methyl sites for hydroxylation is 1. The van der Waals surface area contributed by atoms with E-state index in [4.69, 9.17) is 0 Å². The van der Waals surface area contributed by atoms with E-state index >= 15 is 0 Å². The molecule has 1 aromatic heterocycles. The van der Waals surface area contributed by atoms with E-state index in [0.29, 0.717) is 0 Å². The van der Waals surface area contributed by atoms with E-state index in [-0.39, 0.29) is 0 Å². The Morgan fingerprint density at radius 1 is 1.06 bits per heavy atom. The maximum absolute atomic E-state index is 4.24. The zero-order valence-corrected chi connectivity index (χ0v) is 10.5. The molecule has 0 aliphatic heterocycles. The molecule has 0 unspecified atom stereocenters. The van der Waals surface area contributed by atoms with Crippen LogP contribution in [0.2, 0.25) is 0 Å². The summed E-state index contributed by atoms with van der Waals surface area (Å²) in [6.45, 7) is 5.41. The summed E-state index contributed by atoms with van der Waals surface area (Å²) in [6.07, 6.45) is 8.96. The zero-order chi connectivity index (χ0) is 11.6. The predicted molar refractivity (Wildman–Crippen MR) is 68.7 cm³/mol. The fourth-order valence-corrected chi connectivity index (χ4v) is 1.66. The molecule has 3 heteroatoms. The van der Waals surface area contributed by atoms with Crippen LogP contribution in [0.15, 0.2) is 12.4 Å². The Bertz CT molecular complexity index is 286. The monoisotopic (exact) mass is 221 g/mol. The van der Waals surface area contributed by atoms with Gasteiger partial charge < -0.3 is 5.32 Å². The molecule has 1 N–H and O–H groups in total. The standard InChI is InChI=1S/C13H23N3/c1-3-5-6-7-9-14-13-10-12(8-4-2)15-11-16-13/h10-11H,3-9H2,1-2H3,(H,14,15,16). The summed E-state index contributed by atoms with van der Waals surface area (Å²) in [5.41, 5.74) is 1.13. The number of rotatable bonds is 8. The number of nitrogens with one attached hydrogen (secondary N) is 1. The van der Waals surface area contributed by atoms with Crippen LogP contribution in [0.5, 0.6) is 0 Å². The van der Waals surface area contributed by atoms with Gasteiger partial charge in [0.1, 0.15) is 12.1 Å². The van der Waals surface area contributed by atoms with Crippen LogP contribution >= 0.6 is 0 Å². The van der Waals surface area contributed by atoms with Crippen LogP contribution in [0, 0.1) is 0 Å². The maximum Gasteiger partial charge on any atom is 0.129 e. The minimum absolute atomic E-state index is 0.968. The van der Waals surface area contributed by atoms with Crippen LogP contribution in [-0.2, 0) is 6.42 Å². The average molecular weight is 221 g/mol. The van der Waals surface area contributed by atoms with Crippen molar-refractivity contribution in [2.75, 3.05) is 11.9 Å². The zero-order valence-electron chi connectivity index (χ0n) is 10.5. The molecule has 0 atom stereocenters. The van der Waals surface area contributed by atoms with Gasteiger partial charge in [0.15, 0.2) is 0 Å². The molecule has 0 radical (unpaired) electrons. The molecule has 1 aromatic rings. The summed E-state index contributed by atoms with van der Waals surface area (Å²) in [7, 11) is 0. The van der Waals surface area contributed by atoms with Gasteiger partial charge in [0.05, 0.1) is 0 Å². The van der Waals surface area contributed by atoms with E-state index in [1.54, 1.807) is 6.33 Å². The second kappa shape index (κ2) is 8.08. The van der Waals surface area contributed by atoms with Crippen molar-refractivity contribution in [3.05, 3.63) is 18.1 Å². The van der Waals surface area contributed by atoms with Crippen molar-refractivity contribution in [3.63, 3.8) is 0 Å². The topological polar surface area (TPSA) is 37.8 Å². The number of hydrogen-bond donors (Lipinski definition) is 1. The van der Waals surface area contributed by atoms with Crippen LogP contribution in [-0.4, -0.2) is 16.5 Å². The van der Waals surface area contributed by atoms with Crippen molar-refractivity contribution in [1.82, 2.24) is 9.97 Å². The number of unbranched alkanes of at least 4 members (excludes halogenated alkanes) is 3. The van der Waals surface area contributed by atoms with Crippen molar-refractivity contribution in [2.45, 2.75) is 52.4 Å². The Morgan fingerprint density at radius 3 is 2.69 bits per heavy atom. The molecule has 0 spiro atoms. The molecule has 90 valence electrons. The van der Waals surface area contributed by atoms with E-state index in [0.717, 1.165) is 30.9 Å². The van der Waals surface area contributed by atoms with E-state index in [1.165, 1.54) is 25.7 Å². The van der Waals surface area contributed by atoms with Crippen LogP contribution in [0.4, 0.5) is 5.82 Å². The number of aromatic nitrogens is 2. The van der Waals surface area contributed by atoms with Gasteiger partial charge in [0.2, 0.25) is 0 Å². The summed E-state index contributed by atoms with van der Waals surface area (Å²) in [6, 6.07) is 2.06. The molecule has 0 aromatic carbocycles. The van der Waals surface area contributed by atoms with E-state index in [1.807, 2.05) is 0 Å². The Labute approximate surface area is 98.7 Å². The largest absolute Gasteiger partial charge is 0.370 e.